The number of furan rings is 1. The van der Waals surface area contributed by atoms with Crippen molar-refractivity contribution in [1.29, 1.82) is 0 Å². The van der Waals surface area contributed by atoms with Gasteiger partial charge in [-0.2, -0.15) is 0 Å². The van der Waals surface area contributed by atoms with Crippen molar-refractivity contribution < 1.29 is 9.21 Å². The zero-order chi connectivity index (χ0) is 18.6. The van der Waals surface area contributed by atoms with Gasteiger partial charge in [0.05, 0.1) is 12.1 Å². The number of hydrogen-bond acceptors (Lipinski definition) is 4. The number of carbonyl (C=O) groups is 1. The number of benzene rings is 1. The van der Waals surface area contributed by atoms with E-state index in [4.69, 9.17) is 16.0 Å². The van der Waals surface area contributed by atoms with Gasteiger partial charge in [-0.15, -0.1) is 0 Å². The summed E-state index contributed by atoms with van der Waals surface area (Å²) in [6, 6.07) is 14.8. The van der Waals surface area contributed by atoms with Gasteiger partial charge in [0.2, 0.25) is 0 Å². The van der Waals surface area contributed by atoms with Gasteiger partial charge in [-0.1, -0.05) is 11.6 Å². The van der Waals surface area contributed by atoms with Crippen LogP contribution >= 0.6 is 11.6 Å². The summed E-state index contributed by atoms with van der Waals surface area (Å²) in [5.41, 5.74) is 1.55. The first-order valence-electron chi connectivity index (χ1n) is 9.03. The summed E-state index contributed by atoms with van der Waals surface area (Å²) in [5, 5.41) is 3.62. The summed E-state index contributed by atoms with van der Waals surface area (Å²) in [4.78, 5) is 19.3. The highest BCUT2D eigenvalue weighted by Crippen LogP contribution is 2.24. The SMILES string of the molecule is O=C(NCc1ccc(-c2ccc(Cl)cc2)o1)c1cccnc1N1CCCC1. The molecule has 3 aromatic rings. The molecule has 138 valence electrons. The molecule has 0 spiro atoms. The highest BCUT2D eigenvalue weighted by atomic mass is 35.5. The zero-order valence-electron chi connectivity index (χ0n) is 14.8. The van der Waals surface area contributed by atoms with Gasteiger partial charge < -0.3 is 14.6 Å². The molecule has 27 heavy (non-hydrogen) atoms. The van der Waals surface area contributed by atoms with Crippen LogP contribution in [0.25, 0.3) is 11.3 Å². The fourth-order valence-corrected chi connectivity index (χ4v) is 3.39. The summed E-state index contributed by atoms with van der Waals surface area (Å²) in [5.74, 6) is 2.05. The van der Waals surface area contributed by atoms with E-state index in [1.165, 1.54) is 0 Å². The van der Waals surface area contributed by atoms with Gasteiger partial charge in [-0.3, -0.25) is 4.79 Å². The largest absolute Gasteiger partial charge is 0.459 e. The molecule has 1 aromatic carbocycles. The number of amides is 1. The van der Waals surface area contributed by atoms with Crippen LogP contribution in [0.15, 0.2) is 59.1 Å². The topological polar surface area (TPSA) is 58.4 Å². The lowest BCUT2D eigenvalue weighted by Crippen LogP contribution is -2.27. The maximum Gasteiger partial charge on any atom is 0.255 e. The smallest absolute Gasteiger partial charge is 0.255 e. The number of hydrogen-bond donors (Lipinski definition) is 1. The Morgan fingerprint density at radius 2 is 1.89 bits per heavy atom. The number of halogens is 1. The Balaban J connectivity index is 1.44. The predicted molar refractivity (Wildman–Crippen MR) is 106 cm³/mol. The predicted octanol–water partition coefficient (Wildman–Crippen LogP) is 4.53. The molecule has 5 nitrogen and oxygen atoms in total. The molecule has 0 radical (unpaired) electrons. The number of nitrogens with zero attached hydrogens (tertiary/aromatic N) is 2. The summed E-state index contributed by atoms with van der Waals surface area (Å²) < 4.78 is 5.84. The van der Waals surface area contributed by atoms with Gasteiger partial charge in [0, 0.05) is 29.9 Å². The first-order valence-corrected chi connectivity index (χ1v) is 9.41. The van der Waals surface area contributed by atoms with E-state index in [-0.39, 0.29) is 5.91 Å². The number of aromatic nitrogens is 1. The van der Waals surface area contributed by atoms with Gasteiger partial charge in [-0.05, 0) is 61.4 Å². The third kappa shape index (κ3) is 3.98. The summed E-state index contributed by atoms with van der Waals surface area (Å²) >= 11 is 5.92. The van der Waals surface area contributed by atoms with E-state index in [9.17, 15) is 4.79 Å². The minimum Gasteiger partial charge on any atom is -0.459 e. The molecule has 4 rings (SSSR count). The molecule has 1 aliphatic rings. The third-order valence-electron chi connectivity index (χ3n) is 4.65. The van der Waals surface area contributed by atoms with Gasteiger partial charge >= 0.3 is 0 Å². The molecule has 6 heteroatoms. The Labute approximate surface area is 163 Å². The van der Waals surface area contributed by atoms with E-state index >= 15 is 0 Å². The van der Waals surface area contributed by atoms with Gasteiger partial charge in [0.15, 0.2) is 0 Å². The van der Waals surface area contributed by atoms with E-state index < -0.39 is 0 Å². The molecule has 2 aromatic heterocycles. The Morgan fingerprint density at radius 3 is 2.67 bits per heavy atom. The van der Waals surface area contributed by atoms with Crippen LogP contribution < -0.4 is 10.2 Å². The molecule has 1 amide bonds. The average molecular weight is 382 g/mol. The van der Waals surface area contributed by atoms with Crippen LogP contribution in [0.4, 0.5) is 5.82 Å². The molecule has 0 aliphatic carbocycles. The second kappa shape index (κ2) is 7.84. The highest BCUT2D eigenvalue weighted by Gasteiger charge is 2.20. The van der Waals surface area contributed by atoms with Gasteiger partial charge in [-0.25, -0.2) is 4.98 Å². The fraction of sp³-hybridized carbons (Fsp3) is 0.238. The van der Waals surface area contributed by atoms with Crippen LogP contribution in [0.3, 0.4) is 0 Å². The van der Waals surface area contributed by atoms with Crippen LogP contribution in [0.1, 0.15) is 29.0 Å². The Bertz CT molecular complexity index is 931. The number of rotatable bonds is 5. The number of anilines is 1. The molecule has 1 N–H and O–H groups in total. The van der Waals surface area contributed by atoms with Crippen molar-refractivity contribution in [3.8, 4) is 11.3 Å². The summed E-state index contributed by atoms with van der Waals surface area (Å²) in [6.45, 7) is 2.21. The van der Waals surface area contributed by atoms with Crippen LogP contribution in [0.5, 0.6) is 0 Å². The normalized spacial score (nSPS) is 13.7. The first kappa shape index (κ1) is 17.6. The Hall–Kier alpha value is -2.79. The quantitative estimate of drug-likeness (QED) is 0.705. The van der Waals surface area contributed by atoms with Crippen molar-refractivity contribution in [2.75, 3.05) is 18.0 Å². The van der Waals surface area contributed by atoms with E-state index in [0.29, 0.717) is 22.9 Å². The molecule has 1 aliphatic heterocycles. The maximum absolute atomic E-state index is 12.7. The standard InChI is InChI=1S/C21H20ClN3O2/c22-16-7-5-15(6-8-16)19-10-9-17(27-19)14-24-21(26)18-4-3-11-23-20(18)25-12-1-2-13-25/h3-11H,1-2,12-14H2,(H,24,26). The number of carbonyl (C=O) groups excluding carboxylic acids is 1. The molecule has 0 atom stereocenters. The second-order valence-corrected chi connectivity index (χ2v) is 6.96. The van der Waals surface area contributed by atoms with Crippen LogP contribution in [-0.4, -0.2) is 24.0 Å². The lowest BCUT2D eigenvalue weighted by atomic mass is 10.2. The van der Waals surface area contributed by atoms with E-state index in [1.807, 2.05) is 42.5 Å². The number of nitrogens with one attached hydrogen (secondary N) is 1. The number of pyridine rings is 1. The van der Waals surface area contributed by atoms with E-state index in [0.717, 1.165) is 43.1 Å². The first-order chi connectivity index (χ1) is 13.2. The van der Waals surface area contributed by atoms with Crippen molar-refractivity contribution in [2.24, 2.45) is 0 Å². The molecule has 1 fully saturated rings. The lowest BCUT2D eigenvalue weighted by molar-refractivity contribution is 0.0948. The monoisotopic (exact) mass is 381 g/mol. The van der Waals surface area contributed by atoms with Gasteiger partial charge in [0.25, 0.3) is 5.91 Å². The molecular formula is C21H20ClN3O2. The second-order valence-electron chi connectivity index (χ2n) is 6.52. The van der Waals surface area contributed by atoms with Crippen LogP contribution in [0, 0.1) is 0 Å². The van der Waals surface area contributed by atoms with Crippen molar-refractivity contribution in [3.05, 3.63) is 71.1 Å². The fourth-order valence-electron chi connectivity index (χ4n) is 3.26. The average Bonchev–Trinajstić information content (AvgIpc) is 3.39. The molecule has 0 unspecified atom stereocenters. The summed E-state index contributed by atoms with van der Waals surface area (Å²) in [6.07, 6.45) is 4.00. The molecule has 1 saturated heterocycles. The van der Waals surface area contributed by atoms with Crippen molar-refractivity contribution in [1.82, 2.24) is 10.3 Å². The highest BCUT2D eigenvalue weighted by molar-refractivity contribution is 6.30. The van der Waals surface area contributed by atoms with Crippen LogP contribution in [0.2, 0.25) is 5.02 Å². The Morgan fingerprint density at radius 1 is 1.11 bits per heavy atom. The lowest BCUT2D eigenvalue weighted by Gasteiger charge is -2.19. The third-order valence-corrected chi connectivity index (χ3v) is 4.90. The van der Waals surface area contributed by atoms with E-state index in [1.54, 1.807) is 12.3 Å². The van der Waals surface area contributed by atoms with Gasteiger partial charge in [0.1, 0.15) is 17.3 Å². The summed E-state index contributed by atoms with van der Waals surface area (Å²) in [7, 11) is 0. The van der Waals surface area contributed by atoms with Crippen molar-refractivity contribution in [3.63, 3.8) is 0 Å². The van der Waals surface area contributed by atoms with Crippen molar-refractivity contribution in [2.45, 2.75) is 19.4 Å². The zero-order valence-corrected chi connectivity index (χ0v) is 15.6. The molecule has 0 bridgehead atoms. The minimum atomic E-state index is -0.144. The van der Waals surface area contributed by atoms with Crippen LogP contribution in [-0.2, 0) is 6.54 Å². The van der Waals surface area contributed by atoms with Crippen molar-refractivity contribution >= 4 is 23.3 Å². The molecule has 3 heterocycles. The molecule has 0 saturated carbocycles. The Kier molecular flexibility index (Phi) is 5.12. The maximum atomic E-state index is 12.7. The minimum absolute atomic E-state index is 0.144. The molecular weight excluding hydrogens is 362 g/mol. The van der Waals surface area contributed by atoms with E-state index in [2.05, 4.69) is 15.2 Å².